The zero-order chi connectivity index (χ0) is 21.2. The van der Waals surface area contributed by atoms with Gasteiger partial charge in [0.05, 0.1) is 19.8 Å². The van der Waals surface area contributed by atoms with Gasteiger partial charge in [0.2, 0.25) is 5.75 Å². The van der Waals surface area contributed by atoms with Gasteiger partial charge in [0.25, 0.3) is 5.91 Å². The molecule has 10 heteroatoms. The number of hydrogen-bond donors (Lipinski definition) is 2. The fourth-order valence-corrected chi connectivity index (χ4v) is 2.21. The summed E-state index contributed by atoms with van der Waals surface area (Å²) < 4.78 is 52.9. The summed E-state index contributed by atoms with van der Waals surface area (Å²) in [7, 11) is 0. The molecule has 1 aromatic carbocycles. The summed E-state index contributed by atoms with van der Waals surface area (Å²) >= 11 is 0. The first-order chi connectivity index (χ1) is 13.2. The highest BCUT2D eigenvalue weighted by Crippen LogP contribution is 2.39. The highest BCUT2D eigenvalue weighted by molar-refractivity contribution is 5.95. The van der Waals surface area contributed by atoms with E-state index in [4.69, 9.17) is 14.2 Å². The van der Waals surface area contributed by atoms with Crippen LogP contribution in [0.1, 0.15) is 37.6 Å². The number of carbonyl (C=O) groups excluding carboxylic acids is 2. The Morgan fingerprint density at radius 3 is 1.86 bits per heavy atom. The third-order valence-electron chi connectivity index (χ3n) is 3.35. The van der Waals surface area contributed by atoms with Gasteiger partial charge in [-0.05, 0) is 39.3 Å². The van der Waals surface area contributed by atoms with Gasteiger partial charge >= 0.3 is 12.1 Å². The van der Waals surface area contributed by atoms with Crippen LogP contribution in [0.3, 0.4) is 0 Å². The number of rotatable bonds is 11. The molecule has 7 nitrogen and oxygen atoms in total. The van der Waals surface area contributed by atoms with Crippen LogP contribution in [0.25, 0.3) is 0 Å². The molecule has 0 saturated carbocycles. The van der Waals surface area contributed by atoms with Crippen molar-refractivity contribution in [2.45, 2.75) is 33.4 Å². The minimum atomic E-state index is -4.92. The SMILES string of the molecule is CCOc1cc(C(=O)NCCCNC(=O)C(F)(F)F)cc(OCC)c1OCC. The molecule has 0 unspecified atom stereocenters. The Morgan fingerprint density at radius 1 is 0.893 bits per heavy atom. The van der Waals surface area contributed by atoms with Gasteiger partial charge in [0.15, 0.2) is 11.5 Å². The first kappa shape index (κ1) is 23.4. The maximum Gasteiger partial charge on any atom is 0.471 e. The van der Waals surface area contributed by atoms with Crippen molar-refractivity contribution < 1.29 is 37.0 Å². The van der Waals surface area contributed by atoms with E-state index >= 15 is 0 Å². The predicted octanol–water partition coefficient (Wildman–Crippen LogP) is 2.68. The molecule has 2 amide bonds. The lowest BCUT2D eigenvalue weighted by molar-refractivity contribution is -0.173. The van der Waals surface area contributed by atoms with Crippen LogP contribution < -0.4 is 24.8 Å². The molecule has 0 radical (unpaired) electrons. The largest absolute Gasteiger partial charge is 0.490 e. The van der Waals surface area contributed by atoms with Crippen LogP contribution in [0.2, 0.25) is 0 Å². The maximum atomic E-state index is 12.4. The summed E-state index contributed by atoms with van der Waals surface area (Å²) in [6.45, 7) is 6.36. The molecular formula is C18H25F3N2O5. The van der Waals surface area contributed by atoms with Gasteiger partial charge in [0, 0.05) is 18.7 Å². The summed E-state index contributed by atoms with van der Waals surface area (Å²) in [6.07, 6.45) is -4.78. The monoisotopic (exact) mass is 406 g/mol. The Bertz CT molecular complexity index is 638. The van der Waals surface area contributed by atoms with Crippen LogP contribution in [0, 0.1) is 0 Å². The third-order valence-corrected chi connectivity index (χ3v) is 3.35. The number of hydrogen-bond acceptors (Lipinski definition) is 5. The third kappa shape index (κ3) is 7.16. The number of nitrogens with one attached hydrogen (secondary N) is 2. The van der Waals surface area contributed by atoms with Gasteiger partial charge in [-0.2, -0.15) is 13.2 Å². The van der Waals surface area contributed by atoms with Gasteiger partial charge in [-0.15, -0.1) is 0 Å². The van der Waals surface area contributed by atoms with E-state index in [0.717, 1.165) is 0 Å². The second-order valence-electron chi connectivity index (χ2n) is 5.46. The number of carbonyl (C=O) groups is 2. The van der Waals surface area contributed by atoms with E-state index in [1.54, 1.807) is 19.2 Å². The van der Waals surface area contributed by atoms with Gasteiger partial charge in [-0.1, -0.05) is 0 Å². The molecule has 0 aliphatic rings. The predicted molar refractivity (Wildman–Crippen MR) is 96.0 cm³/mol. The fourth-order valence-electron chi connectivity index (χ4n) is 2.21. The Labute approximate surface area is 161 Å². The van der Waals surface area contributed by atoms with Crippen molar-refractivity contribution in [3.05, 3.63) is 17.7 Å². The number of halogens is 3. The molecule has 0 aliphatic carbocycles. The van der Waals surface area contributed by atoms with Crippen LogP contribution in [0.4, 0.5) is 13.2 Å². The van der Waals surface area contributed by atoms with Crippen LogP contribution >= 0.6 is 0 Å². The quantitative estimate of drug-likeness (QED) is 0.552. The fraction of sp³-hybridized carbons (Fsp3) is 0.556. The molecule has 0 spiro atoms. The summed E-state index contributed by atoms with van der Waals surface area (Å²) in [5.41, 5.74) is 0.259. The van der Waals surface area contributed by atoms with Crippen molar-refractivity contribution in [3.8, 4) is 17.2 Å². The molecule has 28 heavy (non-hydrogen) atoms. The average molecular weight is 406 g/mol. The molecule has 0 saturated heterocycles. The number of benzene rings is 1. The highest BCUT2D eigenvalue weighted by Gasteiger charge is 2.38. The standard InChI is InChI=1S/C18H25F3N2O5/c1-4-26-13-10-12(11-14(27-5-2)15(13)28-6-3)16(24)22-8-7-9-23-17(25)18(19,20)21/h10-11H,4-9H2,1-3H3,(H,22,24)(H,23,25). The van der Waals surface area contributed by atoms with E-state index < -0.39 is 18.0 Å². The topological polar surface area (TPSA) is 85.9 Å². The molecule has 0 atom stereocenters. The smallest absolute Gasteiger partial charge is 0.471 e. The van der Waals surface area contributed by atoms with Gasteiger partial charge < -0.3 is 24.8 Å². The van der Waals surface area contributed by atoms with E-state index in [0.29, 0.717) is 37.1 Å². The van der Waals surface area contributed by atoms with Crippen LogP contribution in [0.5, 0.6) is 17.2 Å². The van der Waals surface area contributed by atoms with E-state index in [9.17, 15) is 22.8 Å². The summed E-state index contributed by atoms with van der Waals surface area (Å²) in [5, 5.41) is 4.32. The molecule has 0 aromatic heterocycles. The van der Waals surface area contributed by atoms with Gasteiger partial charge in [0.1, 0.15) is 0 Å². The average Bonchev–Trinajstić information content (AvgIpc) is 2.63. The molecule has 0 fully saturated rings. The number of ether oxygens (including phenoxy) is 3. The van der Waals surface area contributed by atoms with E-state index in [1.165, 1.54) is 12.1 Å². The molecule has 2 N–H and O–H groups in total. The molecule has 1 rings (SSSR count). The van der Waals surface area contributed by atoms with Crippen molar-refractivity contribution in [2.75, 3.05) is 32.9 Å². The second kappa shape index (κ2) is 11.3. The van der Waals surface area contributed by atoms with E-state index in [1.807, 2.05) is 6.92 Å². The molecule has 158 valence electrons. The normalized spacial score (nSPS) is 10.9. The first-order valence-corrected chi connectivity index (χ1v) is 8.94. The van der Waals surface area contributed by atoms with Crippen LogP contribution in [0.15, 0.2) is 12.1 Å². The Kier molecular flexibility index (Phi) is 9.40. The zero-order valence-electron chi connectivity index (χ0n) is 16.1. The van der Waals surface area contributed by atoms with Crippen molar-refractivity contribution in [2.24, 2.45) is 0 Å². The Morgan fingerprint density at radius 2 is 1.39 bits per heavy atom. The van der Waals surface area contributed by atoms with Crippen molar-refractivity contribution in [1.29, 1.82) is 0 Å². The minimum Gasteiger partial charge on any atom is -0.490 e. The van der Waals surface area contributed by atoms with Gasteiger partial charge in [-0.25, -0.2) is 0 Å². The molecule has 0 aliphatic heterocycles. The molecule has 0 bridgehead atoms. The molecule has 1 aromatic rings. The van der Waals surface area contributed by atoms with Crippen molar-refractivity contribution in [3.63, 3.8) is 0 Å². The van der Waals surface area contributed by atoms with E-state index in [2.05, 4.69) is 5.32 Å². The zero-order valence-corrected chi connectivity index (χ0v) is 16.1. The minimum absolute atomic E-state index is 0.0815. The van der Waals surface area contributed by atoms with Crippen LogP contribution in [-0.4, -0.2) is 50.9 Å². The van der Waals surface area contributed by atoms with Gasteiger partial charge in [-0.3, -0.25) is 9.59 Å². The van der Waals surface area contributed by atoms with Crippen molar-refractivity contribution >= 4 is 11.8 Å². The lowest BCUT2D eigenvalue weighted by atomic mass is 10.1. The number of alkyl halides is 3. The first-order valence-electron chi connectivity index (χ1n) is 8.94. The Balaban J connectivity index is 2.74. The Hall–Kier alpha value is -2.65. The summed E-state index contributed by atoms with van der Waals surface area (Å²) in [6, 6.07) is 3.02. The lowest BCUT2D eigenvalue weighted by Crippen LogP contribution is -2.38. The molecule has 0 heterocycles. The molecular weight excluding hydrogens is 381 g/mol. The summed E-state index contributed by atoms with van der Waals surface area (Å²) in [4.78, 5) is 23.1. The highest BCUT2D eigenvalue weighted by atomic mass is 19.4. The van der Waals surface area contributed by atoms with Crippen LogP contribution in [-0.2, 0) is 4.79 Å². The summed E-state index contributed by atoms with van der Waals surface area (Å²) in [5.74, 6) is -1.34. The lowest BCUT2D eigenvalue weighted by Gasteiger charge is -2.17. The number of amides is 2. The maximum absolute atomic E-state index is 12.4. The van der Waals surface area contributed by atoms with Crippen molar-refractivity contribution in [1.82, 2.24) is 10.6 Å². The van der Waals surface area contributed by atoms with E-state index in [-0.39, 0.29) is 25.1 Å². The second-order valence-corrected chi connectivity index (χ2v) is 5.46.